The van der Waals surface area contributed by atoms with E-state index in [4.69, 9.17) is 0 Å². The second-order valence-electron chi connectivity index (χ2n) is 6.83. The third kappa shape index (κ3) is 5.83. The summed E-state index contributed by atoms with van der Waals surface area (Å²) in [5.41, 5.74) is -1.15. The van der Waals surface area contributed by atoms with Gasteiger partial charge in [0.25, 0.3) is 11.4 Å². The number of anilines is 4. The summed E-state index contributed by atoms with van der Waals surface area (Å²) >= 11 is 0. The minimum absolute atomic E-state index is 0.158. The second-order valence-corrected chi connectivity index (χ2v) is 10.0. The van der Waals surface area contributed by atoms with Crippen molar-refractivity contribution in [1.82, 2.24) is 0 Å². The molecule has 0 spiro atoms. The summed E-state index contributed by atoms with van der Waals surface area (Å²) in [5, 5.41) is 27.9. The van der Waals surface area contributed by atoms with Crippen LogP contribution in [-0.2, 0) is 9.13 Å². The third-order valence-electron chi connectivity index (χ3n) is 4.47. The Hall–Kier alpha value is -3.64. The van der Waals surface area contributed by atoms with Crippen molar-refractivity contribution < 1.29 is 38.6 Å². The molecule has 0 unspecified atom stereocenters. The van der Waals surface area contributed by atoms with Gasteiger partial charge in [0.1, 0.15) is 11.4 Å². The van der Waals surface area contributed by atoms with Crippen LogP contribution >= 0.6 is 15.2 Å². The molecule has 0 atom stereocenters. The highest BCUT2D eigenvalue weighted by Gasteiger charge is 2.25. The van der Waals surface area contributed by atoms with E-state index in [1.54, 1.807) is 0 Å². The van der Waals surface area contributed by atoms with E-state index in [0.29, 0.717) is 0 Å². The van der Waals surface area contributed by atoms with Gasteiger partial charge in [0.15, 0.2) is 0 Å². The molecule has 3 rings (SSSR count). The lowest BCUT2D eigenvalue weighted by Gasteiger charge is -2.13. The molecular formula is C18H16N4O10P2. The van der Waals surface area contributed by atoms with Crippen LogP contribution in [0.15, 0.2) is 60.7 Å². The van der Waals surface area contributed by atoms with Crippen LogP contribution in [0.2, 0.25) is 0 Å². The van der Waals surface area contributed by atoms with Gasteiger partial charge in [0.05, 0.1) is 26.5 Å². The van der Waals surface area contributed by atoms with Crippen molar-refractivity contribution in [1.29, 1.82) is 0 Å². The molecule has 34 heavy (non-hydrogen) atoms. The van der Waals surface area contributed by atoms with E-state index in [1.807, 2.05) is 0 Å². The van der Waals surface area contributed by atoms with E-state index in [0.717, 1.165) is 36.4 Å². The zero-order valence-corrected chi connectivity index (χ0v) is 18.6. The standard InChI is InChI=1S/C18H16N4O10P2/c23-21(24)17-10-18(22(25)26)16(20-12-3-7-14(8-4-12)34(30,31)32)9-15(17)19-11-1-5-13(6-2-11)33(27,28)29/h1-10,19-20H,(H2,27,28,29)(H2,30,31,32). The van der Waals surface area contributed by atoms with Crippen molar-refractivity contribution in [2.75, 3.05) is 10.6 Å². The fourth-order valence-corrected chi connectivity index (χ4v) is 3.94. The van der Waals surface area contributed by atoms with Gasteiger partial charge in [-0.05, 0) is 54.6 Å². The number of nitro benzene ring substituents is 2. The molecule has 14 nitrogen and oxygen atoms in total. The summed E-state index contributed by atoms with van der Waals surface area (Å²) < 4.78 is 22.6. The lowest BCUT2D eigenvalue weighted by molar-refractivity contribution is -0.393. The van der Waals surface area contributed by atoms with Crippen molar-refractivity contribution in [3.63, 3.8) is 0 Å². The largest absolute Gasteiger partial charge is 0.356 e. The average Bonchev–Trinajstić information content (AvgIpc) is 2.73. The summed E-state index contributed by atoms with van der Waals surface area (Å²) in [4.78, 5) is 58.1. The Balaban J connectivity index is 2.02. The Bertz CT molecular complexity index is 1250. The van der Waals surface area contributed by atoms with E-state index in [1.165, 1.54) is 24.3 Å². The summed E-state index contributed by atoms with van der Waals surface area (Å²) in [6, 6.07) is 11.4. The number of nitro groups is 2. The molecule has 16 heteroatoms. The van der Waals surface area contributed by atoms with E-state index in [9.17, 15) is 48.9 Å². The Morgan fingerprint density at radius 1 is 0.618 bits per heavy atom. The first kappa shape index (κ1) is 25.0. The van der Waals surface area contributed by atoms with Crippen molar-refractivity contribution in [2.24, 2.45) is 0 Å². The Kier molecular flexibility index (Phi) is 6.84. The van der Waals surface area contributed by atoms with Crippen LogP contribution in [0.25, 0.3) is 0 Å². The van der Waals surface area contributed by atoms with Crippen LogP contribution in [0, 0.1) is 20.2 Å². The molecule has 0 aliphatic carbocycles. The molecule has 0 aliphatic rings. The third-order valence-corrected chi connectivity index (χ3v) is 6.41. The molecule has 0 amide bonds. The predicted octanol–water partition coefficient (Wildman–Crippen LogP) is 2.60. The van der Waals surface area contributed by atoms with Crippen molar-refractivity contribution in [2.45, 2.75) is 0 Å². The lowest BCUT2D eigenvalue weighted by atomic mass is 10.1. The molecule has 0 aromatic heterocycles. The van der Waals surface area contributed by atoms with Crippen LogP contribution in [0.5, 0.6) is 0 Å². The van der Waals surface area contributed by atoms with Crippen LogP contribution in [0.1, 0.15) is 0 Å². The van der Waals surface area contributed by atoms with Gasteiger partial charge >= 0.3 is 15.2 Å². The maximum absolute atomic E-state index is 11.5. The molecule has 6 N–H and O–H groups in total. The summed E-state index contributed by atoms with van der Waals surface area (Å²) in [6.07, 6.45) is 0. The molecule has 178 valence electrons. The molecule has 0 saturated heterocycles. The molecule has 0 saturated carbocycles. The molecular weight excluding hydrogens is 494 g/mol. The van der Waals surface area contributed by atoms with Crippen LogP contribution in [0.3, 0.4) is 0 Å². The van der Waals surface area contributed by atoms with E-state index in [-0.39, 0.29) is 33.4 Å². The summed E-state index contributed by atoms with van der Waals surface area (Å²) in [6.45, 7) is 0. The SMILES string of the molecule is O=[N+]([O-])c1cc([N+](=O)[O-])c(Nc2ccc(P(=O)(O)O)cc2)cc1Nc1ccc(P(=O)(O)O)cc1. The first-order valence-electron chi connectivity index (χ1n) is 9.09. The Morgan fingerprint density at radius 2 is 0.941 bits per heavy atom. The Morgan fingerprint density at radius 3 is 1.21 bits per heavy atom. The highest BCUT2D eigenvalue weighted by molar-refractivity contribution is 7.60. The highest BCUT2D eigenvalue weighted by atomic mass is 31.2. The molecule has 0 aliphatic heterocycles. The van der Waals surface area contributed by atoms with Gasteiger partial charge in [-0.25, -0.2) is 0 Å². The normalized spacial score (nSPS) is 11.6. The fraction of sp³-hybridized carbons (Fsp3) is 0. The van der Waals surface area contributed by atoms with Gasteiger partial charge in [-0.15, -0.1) is 0 Å². The monoisotopic (exact) mass is 510 g/mol. The number of benzene rings is 3. The Labute approximate surface area is 190 Å². The molecule has 3 aromatic rings. The van der Waals surface area contributed by atoms with Gasteiger partial charge in [-0.1, -0.05) is 0 Å². The first-order valence-corrected chi connectivity index (χ1v) is 12.3. The number of rotatable bonds is 8. The van der Waals surface area contributed by atoms with E-state index in [2.05, 4.69) is 10.6 Å². The molecule has 0 bridgehead atoms. The van der Waals surface area contributed by atoms with Crippen LogP contribution in [0.4, 0.5) is 34.1 Å². The smallest absolute Gasteiger partial charge is 0.350 e. The van der Waals surface area contributed by atoms with E-state index >= 15 is 0 Å². The average molecular weight is 510 g/mol. The molecule has 0 radical (unpaired) electrons. The quantitative estimate of drug-likeness (QED) is 0.146. The molecule has 0 heterocycles. The van der Waals surface area contributed by atoms with Gasteiger partial charge in [-0.3, -0.25) is 29.4 Å². The van der Waals surface area contributed by atoms with Gasteiger partial charge in [-0.2, -0.15) is 0 Å². The number of nitrogens with one attached hydrogen (secondary N) is 2. The van der Waals surface area contributed by atoms with Crippen LogP contribution in [-0.4, -0.2) is 29.4 Å². The van der Waals surface area contributed by atoms with Gasteiger partial charge < -0.3 is 30.2 Å². The number of hydrogen-bond acceptors (Lipinski definition) is 8. The first-order chi connectivity index (χ1) is 15.8. The molecule has 0 fully saturated rings. The van der Waals surface area contributed by atoms with E-state index < -0.39 is 36.4 Å². The molecule has 3 aromatic carbocycles. The van der Waals surface area contributed by atoms with Crippen LogP contribution < -0.4 is 21.2 Å². The lowest BCUT2D eigenvalue weighted by Crippen LogP contribution is -2.06. The minimum Gasteiger partial charge on any atom is -0.350 e. The number of hydrogen-bond donors (Lipinski definition) is 6. The number of nitrogens with zero attached hydrogens (tertiary/aromatic N) is 2. The maximum atomic E-state index is 11.5. The second kappa shape index (κ2) is 9.31. The van der Waals surface area contributed by atoms with Crippen molar-refractivity contribution in [3.8, 4) is 0 Å². The summed E-state index contributed by atoms with van der Waals surface area (Å²) in [5.74, 6) is 0. The zero-order chi connectivity index (χ0) is 25.3. The topological polar surface area (TPSA) is 225 Å². The predicted molar refractivity (Wildman–Crippen MR) is 123 cm³/mol. The van der Waals surface area contributed by atoms with Gasteiger partial charge in [0, 0.05) is 11.4 Å². The summed E-state index contributed by atoms with van der Waals surface area (Å²) in [7, 11) is -8.99. The highest BCUT2D eigenvalue weighted by Crippen LogP contribution is 2.40. The van der Waals surface area contributed by atoms with Crippen molar-refractivity contribution >= 4 is 59.9 Å². The van der Waals surface area contributed by atoms with Crippen molar-refractivity contribution in [3.05, 3.63) is 80.9 Å². The fourth-order valence-electron chi connectivity index (χ4n) is 2.87. The van der Waals surface area contributed by atoms with Gasteiger partial charge in [0.2, 0.25) is 0 Å². The maximum Gasteiger partial charge on any atom is 0.356 e. The zero-order valence-electron chi connectivity index (χ0n) is 16.8. The minimum atomic E-state index is -4.49.